The zero-order chi connectivity index (χ0) is 15.3. The molecule has 1 aromatic rings. The standard InChI is InChI=1S/C18H28FNO/c1-4-5-6-7-8-11-18(2)13-16(20-3)15-10-9-14(19)12-17(15)21-18/h9-10,12,16,20H,4-8,11,13H2,1-3H3. The predicted octanol–water partition coefficient (Wildman–Crippen LogP) is 4.99. The Bertz CT molecular complexity index is 463. The number of hydrogen-bond acceptors (Lipinski definition) is 2. The molecule has 2 nitrogen and oxygen atoms in total. The Morgan fingerprint density at radius 2 is 2.05 bits per heavy atom. The van der Waals surface area contributed by atoms with Crippen molar-refractivity contribution in [3.63, 3.8) is 0 Å². The molecule has 0 aromatic heterocycles. The number of ether oxygens (including phenoxy) is 1. The minimum atomic E-state index is -0.226. The van der Waals surface area contributed by atoms with E-state index in [4.69, 9.17) is 4.74 Å². The first-order valence-corrected chi connectivity index (χ1v) is 8.24. The third-order valence-electron chi connectivity index (χ3n) is 4.50. The van der Waals surface area contributed by atoms with Crippen molar-refractivity contribution in [1.82, 2.24) is 5.32 Å². The van der Waals surface area contributed by atoms with Crippen molar-refractivity contribution >= 4 is 0 Å². The van der Waals surface area contributed by atoms with Crippen molar-refractivity contribution in [2.75, 3.05) is 7.05 Å². The molecule has 1 aliphatic heterocycles. The molecular formula is C18H28FNO. The maximum absolute atomic E-state index is 13.5. The molecule has 21 heavy (non-hydrogen) atoms. The molecule has 118 valence electrons. The van der Waals surface area contributed by atoms with Crippen molar-refractivity contribution in [3.8, 4) is 5.75 Å². The molecule has 3 heteroatoms. The molecule has 1 N–H and O–H groups in total. The van der Waals surface area contributed by atoms with Gasteiger partial charge in [0.15, 0.2) is 0 Å². The van der Waals surface area contributed by atoms with Gasteiger partial charge < -0.3 is 10.1 Å². The molecule has 0 aliphatic carbocycles. The van der Waals surface area contributed by atoms with Crippen LogP contribution in [0.25, 0.3) is 0 Å². The third kappa shape index (κ3) is 4.19. The first-order valence-electron chi connectivity index (χ1n) is 8.24. The molecule has 2 rings (SSSR count). The number of nitrogens with one attached hydrogen (secondary N) is 1. The molecular weight excluding hydrogens is 265 g/mol. The maximum atomic E-state index is 13.5. The highest BCUT2D eigenvalue weighted by molar-refractivity contribution is 5.39. The van der Waals surface area contributed by atoms with Gasteiger partial charge in [0.05, 0.1) is 0 Å². The summed E-state index contributed by atoms with van der Waals surface area (Å²) in [7, 11) is 1.96. The van der Waals surface area contributed by atoms with Crippen LogP contribution in [0.5, 0.6) is 5.75 Å². The van der Waals surface area contributed by atoms with Crippen LogP contribution in [0.3, 0.4) is 0 Å². The molecule has 0 bridgehead atoms. The van der Waals surface area contributed by atoms with Crippen LogP contribution in [0.15, 0.2) is 18.2 Å². The fourth-order valence-corrected chi connectivity index (χ4v) is 3.25. The highest BCUT2D eigenvalue weighted by Crippen LogP contribution is 2.41. The summed E-state index contributed by atoms with van der Waals surface area (Å²) in [5, 5.41) is 3.34. The Balaban J connectivity index is 2.02. The Morgan fingerprint density at radius 3 is 2.76 bits per heavy atom. The van der Waals surface area contributed by atoms with Gasteiger partial charge in [0.2, 0.25) is 0 Å². The van der Waals surface area contributed by atoms with Crippen LogP contribution in [-0.4, -0.2) is 12.6 Å². The molecule has 0 amide bonds. The molecule has 2 atom stereocenters. The lowest BCUT2D eigenvalue weighted by Gasteiger charge is -2.40. The zero-order valence-electron chi connectivity index (χ0n) is 13.5. The van der Waals surface area contributed by atoms with Gasteiger partial charge in [0.1, 0.15) is 17.2 Å². The van der Waals surface area contributed by atoms with Gasteiger partial charge in [-0.15, -0.1) is 0 Å². The Labute approximate surface area is 128 Å². The molecule has 0 saturated heterocycles. The predicted molar refractivity (Wildman–Crippen MR) is 85.2 cm³/mol. The van der Waals surface area contributed by atoms with Crippen molar-refractivity contribution < 1.29 is 9.13 Å². The monoisotopic (exact) mass is 293 g/mol. The average molecular weight is 293 g/mol. The minimum Gasteiger partial charge on any atom is -0.487 e. The summed E-state index contributed by atoms with van der Waals surface area (Å²) in [4.78, 5) is 0. The summed E-state index contributed by atoms with van der Waals surface area (Å²) >= 11 is 0. The summed E-state index contributed by atoms with van der Waals surface area (Å²) in [6.45, 7) is 4.39. The van der Waals surface area contributed by atoms with Gasteiger partial charge in [-0.05, 0) is 32.9 Å². The van der Waals surface area contributed by atoms with Gasteiger partial charge in [0.25, 0.3) is 0 Å². The number of halogens is 1. The van der Waals surface area contributed by atoms with Crippen LogP contribution >= 0.6 is 0 Å². The molecule has 1 aliphatic rings. The van der Waals surface area contributed by atoms with E-state index in [1.54, 1.807) is 0 Å². The largest absolute Gasteiger partial charge is 0.487 e. The zero-order valence-corrected chi connectivity index (χ0v) is 13.5. The second kappa shape index (κ2) is 7.26. The van der Waals surface area contributed by atoms with Crippen molar-refractivity contribution in [2.45, 2.75) is 70.4 Å². The van der Waals surface area contributed by atoms with E-state index in [1.165, 1.54) is 44.2 Å². The van der Waals surface area contributed by atoms with Crippen LogP contribution < -0.4 is 10.1 Å². The molecule has 1 aromatic carbocycles. The van der Waals surface area contributed by atoms with Crippen LogP contribution in [-0.2, 0) is 0 Å². The minimum absolute atomic E-state index is 0.194. The number of rotatable bonds is 7. The van der Waals surface area contributed by atoms with Gasteiger partial charge in [-0.25, -0.2) is 4.39 Å². The van der Waals surface area contributed by atoms with E-state index in [0.29, 0.717) is 5.75 Å². The van der Waals surface area contributed by atoms with Crippen LogP contribution in [0.2, 0.25) is 0 Å². The lowest BCUT2D eigenvalue weighted by Crippen LogP contribution is -2.41. The van der Waals surface area contributed by atoms with Gasteiger partial charge in [-0.2, -0.15) is 0 Å². The van der Waals surface area contributed by atoms with Crippen LogP contribution in [0.4, 0.5) is 4.39 Å². The molecule has 0 fully saturated rings. The SMILES string of the molecule is CCCCCCCC1(C)CC(NC)c2ccc(F)cc2O1. The molecule has 0 saturated carbocycles. The normalized spacial score (nSPS) is 24.5. The maximum Gasteiger partial charge on any atom is 0.127 e. The first-order chi connectivity index (χ1) is 10.1. The Kier molecular flexibility index (Phi) is 5.63. The average Bonchev–Trinajstić information content (AvgIpc) is 2.45. The van der Waals surface area contributed by atoms with E-state index in [1.807, 2.05) is 13.1 Å². The summed E-state index contributed by atoms with van der Waals surface area (Å²) in [5.41, 5.74) is 0.878. The Morgan fingerprint density at radius 1 is 1.29 bits per heavy atom. The van der Waals surface area contributed by atoms with Gasteiger partial charge >= 0.3 is 0 Å². The number of benzene rings is 1. The smallest absolute Gasteiger partial charge is 0.127 e. The van der Waals surface area contributed by atoms with Crippen molar-refractivity contribution in [2.24, 2.45) is 0 Å². The van der Waals surface area contributed by atoms with E-state index in [-0.39, 0.29) is 17.5 Å². The summed E-state index contributed by atoms with van der Waals surface area (Å²) in [6, 6.07) is 5.12. The fourth-order valence-electron chi connectivity index (χ4n) is 3.25. The second-order valence-corrected chi connectivity index (χ2v) is 6.44. The van der Waals surface area contributed by atoms with Gasteiger partial charge in [-0.1, -0.05) is 38.7 Å². The topological polar surface area (TPSA) is 21.3 Å². The Hall–Kier alpha value is -1.09. The molecule has 0 radical (unpaired) electrons. The van der Waals surface area contributed by atoms with Crippen LogP contribution in [0.1, 0.15) is 70.4 Å². The van der Waals surface area contributed by atoms with Crippen molar-refractivity contribution in [1.29, 1.82) is 0 Å². The van der Waals surface area contributed by atoms with Crippen molar-refractivity contribution in [3.05, 3.63) is 29.6 Å². The summed E-state index contributed by atoms with van der Waals surface area (Å²) in [6.07, 6.45) is 8.28. The fraction of sp³-hybridized carbons (Fsp3) is 0.667. The lowest BCUT2D eigenvalue weighted by molar-refractivity contribution is 0.0380. The lowest BCUT2D eigenvalue weighted by atomic mass is 9.85. The number of fused-ring (bicyclic) bond motifs is 1. The van der Waals surface area contributed by atoms with Crippen LogP contribution in [0, 0.1) is 5.82 Å². The highest BCUT2D eigenvalue weighted by Gasteiger charge is 2.36. The van der Waals surface area contributed by atoms with E-state index < -0.39 is 0 Å². The van der Waals surface area contributed by atoms with E-state index in [0.717, 1.165) is 18.4 Å². The number of unbranched alkanes of at least 4 members (excludes halogenated alkanes) is 4. The highest BCUT2D eigenvalue weighted by atomic mass is 19.1. The summed E-state index contributed by atoms with van der Waals surface area (Å²) < 4.78 is 19.6. The molecule has 0 spiro atoms. The molecule has 2 unspecified atom stereocenters. The van der Waals surface area contributed by atoms with Gasteiger partial charge in [0, 0.05) is 24.1 Å². The van der Waals surface area contributed by atoms with Gasteiger partial charge in [-0.3, -0.25) is 0 Å². The summed E-state index contributed by atoms with van der Waals surface area (Å²) in [5.74, 6) is 0.479. The second-order valence-electron chi connectivity index (χ2n) is 6.44. The van der Waals surface area contributed by atoms with E-state index in [2.05, 4.69) is 19.2 Å². The van der Waals surface area contributed by atoms with E-state index in [9.17, 15) is 4.39 Å². The van der Waals surface area contributed by atoms with E-state index >= 15 is 0 Å². The quantitative estimate of drug-likeness (QED) is 0.715. The number of hydrogen-bond donors (Lipinski definition) is 1. The molecule has 1 heterocycles. The third-order valence-corrected chi connectivity index (χ3v) is 4.50. The first kappa shape index (κ1) is 16.3.